The van der Waals surface area contributed by atoms with E-state index in [4.69, 9.17) is 0 Å². The molecule has 2 aromatic rings. The third-order valence-corrected chi connectivity index (χ3v) is 6.14. The Labute approximate surface area is 174 Å². The molecule has 2 fully saturated rings. The second-order valence-corrected chi connectivity index (χ2v) is 8.12. The molecule has 0 aliphatic carbocycles. The van der Waals surface area contributed by atoms with E-state index >= 15 is 0 Å². The van der Waals surface area contributed by atoms with Crippen LogP contribution in [-0.4, -0.2) is 50.2 Å². The lowest BCUT2D eigenvalue weighted by Gasteiger charge is -2.37. The number of rotatable bonds is 4. The molecule has 2 aliphatic rings. The summed E-state index contributed by atoms with van der Waals surface area (Å²) in [5.41, 5.74) is 3.72. The molecule has 2 heterocycles. The molecule has 2 aromatic carbocycles. The third kappa shape index (κ3) is 4.84. The summed E-state index contributed by atoms with van der Waals surface area (Å²) in [5.74, 6) is 0. The largest absolute Gasteiger partial charge is 0.372 e. The number of nitrogens with one attached hydrogen (secondary N) is 1. The van der Waals surface area contributed by atoms with E-state index in [2.05, 4.69) is 51.5 Å². The summed E-state index contributed by atoms with van der Waals surface area (Å²) >= 11 is 0. The molecule has 4 rings (SSSR count). The molecular formula is C24H32N4O. The van der Waals surface area contributed by atoms with E-state index in [0.29, 0.717) is 0 Å². The van der Waals surface area contributed by atoms with Crippen LogP contribution in [0.4, 0.5) is 16.2 Å². The smallest absolute Gasteiger partial charge is 0.317 e. The van der Waals surface area contributed by atoms with Gasteiger partial charge in [-0.1, -0.05) is 30.3 Å². The van der Waals surface area contributed by atoms with Gasteiger partial charge < -0.3 is 20.0 Å². The molecule has 0 saturated carbocycles. The second kappa shape index (κ2) is 9.21. The van der Waals surface area contributed by atoms with Crippen LogP contribution in [0, 0.1) is 0 Å². The molecule has 2 amide bonds. The number of nitrogens with zero attached hydrogens (tertiary/aromatic N) is 3. The SMILES string of the molecule is CC(NC(=O)N1CCN(c2ccc(N3CCCCC3)cc2)CC1)c1ccccc1. The fourth-order valence-corrected chi connectivity index (χ4v) is 4.30. The average molecular weight is 393 g/mol. The quantitative estimate of drug-likeness (QED) is 0.845. The van der Waals surface area contributed by atoms with E-state index in [1.165, 1.54) is 43.7 Å². The van der Waals surface area contributed by atoms with Gasteiger partial charge in [-0.2, -0.15) is 0 Å². The van der Waals surface area contributed by atoms with Crippen molar-refractivity contribution in [1.82, 2.24) is 10.2 Å². The fourth-order valence-electron chi connectivity index (χ4n) is 4.30. The minimum atomic E-state index is 0.0176. The van der Waals surface area contributed by atoms with Crippen molar-refractivity contribution < 1.29 is 4.79 Å². The van der Waals surface area contributed by atoms with Gasteiger partial charge in [-0.05, 0) is 56.0 Å². The van der Waals surface area contributed by atoms with E-state index in [9.17, 15) is 4.79 Å². The molecule has 0 radical (unpaired) electrons. The first kappa shape index (κ1) is 19.6. The number of piperazine rings is 1. The number of urea groups is 1. The summed E-state index contributed by atoms with van der Waals surface area (Å²) in [7, 11) is 0. The Morgan fingerprint density at radius 2 is 1.31 bits per heavy atom. The van der Waals surface area contributed by atoms with Crippen LogP contribution in [0.5, 0.6) is 0 Å². The van der Waals surface area contributed by atoms with Gasteiger partial charge in [-0.3, -0.25) is 0 Å². The zero-order valence-electron chi connectivity index (χ0n) is 17.4. The number of piperidine rings is 1. The van der Waals surface area contributed by atoms with E-state index in [-0.39, 0.29) is 12.1 Å². The first-order valence-corrected chi connectivity index (χ1v) is 10.9. The van der Waals surface area contributed by atoms with Gasteiger partial charge in [-0.25, -0.2) is 4.79 Å². The molecular weight excluding hydrogens is 360 g/mol. The predicted molar refractivity (Wildman–Crippen MR) is 120 cm³/mol. The maximum absolute atomic E-state index is 12.6. The highest BCUT2D eigenvalue weighted by Gasteiger charge is 2.22. The van der Waals surface area contributed by atoms with Gasteiger partial charge in [0.25, 0.3) is 0 Å². The number of carbonyl (C=O) groups is 1. The van der Waals surface area contributed by atoms with E-state index in [1.807, 2.05) is 30.0 Å². The minimum Gasteiger partial charge on any atom is -0.372 e. The Kier molecular flexibility index (Phi) is 6.23. The molecule has 5 nitrogen and oxygen atoms in total. The van der Waals surface area contributed by atoms with Crippen molar-refractivity contribution in [2.45, 2.75) is 32.2 Å². The molecule has 29 heavy (non-hydrogen) atoms. The number of carbonyl (C=O) groups excluding carboxylic acids is 1. The predicted octanol–water partition coefficient (Wildman–Crippen LogP) is 4.27. The van der Waals surface area contributed by atoms with Crippen LogP contribution in [0.3, 0.4) is 0 Å². The maximum Gasteiger partial charge on any atom is 0.317 e. The zero-order valence-corrected chi connectivity index (χ0v) is 17.4. The van der Waals surface area contributed by atoms with Crippen molar-refractivity contribution in [1.29, 1.82) is 0 Å². The molecule has 0 bridgehead atoms. The van der Waals surface area contributed by atoms with Crippen molar-refractivity contribution in [2.75, 3.05) is 49.1 Å². The summed E-state index contributed by atoms with van der Waals surface area (Å²) in [4.78, 5) is 19.4. The molecule has 1 unspecified atom stereocenters. The summed E-state index contributed by atoms with van der Waals surface area (Å²) in [5, 5.41) is 3.13. The highest BCUT2D eigenvalue weighted by molar-refractivity contribution is 5.75. The number of amides is 2. The normalized spacial score (nSPS) is 18.4. The number of anilines is 2. The Bertz CT molecular complexity index is 778. The van der Waals surface area contributed by atoms with Gasteiger partial charge in [0.2, 0.25) is 0 Å². The van der Waals surface area contributed by atoms with Crippen molar-refractivity contribution in [2.24, 2.45) is 0 Å². The summed E-state index contributed by atoms with van der Waals surface area (Å²) < 4.78 is 0. The van der Waals surface area contributed by atoms with Crippen LogP contribution < -0.4 is 15.1 Å². The van der Waals surface area contributed by atoms with Gasteiger partial charge in [0.1, 0.15) is 0 Å². The molecule has 0 spiro atoms. The van der Waals surface area contributed by atoms with E-state index < -0.39 is 0 Å². The third-order valence-electron chi connectivity index (χ3n) is 6.14. The van der Waals surface area contributed by atoms with Crippen LogP contribution in [-0.2, 0) is 0 Å². The van der Waals surface area contributed by atoms with Crippen molar-refractivity contribution in [3.05, 3.63) is 60.2 Å². The summed E-state index contributed by atoms with van der Waals surface area (Å²) in [6.45, 7) is 7.63. The Morgan fingerprint density at radius 1 is 0.759 bits per heavy atom. The van der Waals surface area contributed by atoms with Crippen molar-refractivity contribution in [3.63, 3.8) is 0 Å². The topological polar surface area (TPSA) is 38.8 Å². The van der Waals surface area contributed by atoms with Crippen molar-refractivity contribution >= 4 is 17.4 Å². The van der Waals surface area contributed by atoms with E-state index in [1.54, 1.807) is 0 Å². The van der Waals surface area contributed by atoms with Gasteiger partial charge >= 0.3 is 6.03 Å². The van der Waals surface area contributed by atoms with Crippen LogP contribution in [0.25, 0.3) is 0 Å². The Balaban J connectivity index is 1.28. The van der Waals surface area contributed by atoms with Crippen LogP contribution in [0.15, 0.2) is 54.6 Å². The number of hydrogen-bond acceptors (Lipinski definition) is 3. The molecule has 1 atom stereocenters. The molecule has 0 aromatic heterocycles. The van der Waals surface area contributed by atoms with Gasteiger partial charge in [-0.15, -0.1) is 0 Å². The molecule has 5 heteroatoms. The van der Waals surface area contributed by atoms with Crippen LogP contribution in [0.2, 0.25) is 0 Å². The lowest BCUT2D eigenvalue weighted by molar-refractivity contribution is 0.191. The first-order chi connectivity index (χ1) is 14.2. The maximum atomic E-state index is 12.6. The van der Waals surface area contributed by atoms with Gasteiger partial charge in [0.15, 0.2) is 0 Å². The lowest BCUT2D eigenvalue weighted by Crippen LogP contribution is -2.52. The molecule has 1 N–H and O–H groups in total. The monoisotopic (exact) mass is 392 g/mol. The Morgan fingerprint density at radius 3 is 1.90 bits per heavy atom. The highest BCUT2D eigenvalue weighted by atomic mass is 16.2. The minimum absolute atomic E-state index is 0.0176. The molecule has 2 aliphatic heterocycles. The average Bonchev–Trinajstić information content (AvgIpc) is 2.80. The van der Waals surface area contributed by atoms with E-state index in [0.717, 1.165) is 31.7 Å². The second-order valence-electron chi connectivity index (χ2n) is 8.12. The lowest BCUT2D eigenvalue weighted by atomic mass is 10.1. The fraction of sp³-hybridized carbons (Fsp3) is 0.458. The highest BCUT2D eigenvalue weighted by Crippen LogP contribution is 2.24. The Hall–Kier alpha value is -2.69. The summed E-state index contributed by atoms with van der Waals surface area (Å²) in [6.07, 6.45) is 3.96. The van der Waals surface area contributed by atoms with Crippen LogP contribution in [0.1, 0.15) is 37.8 Å². The molecule has 2 saturated heterocycles. The molecule has 154 valence electrons. The van der Waals surface area contributed by atoms with Crippen molar-refractivity contribution in [3.8, 4) is 0 Å². The van der Waals surface area contributed by atoms with Gasteiger partial charge in [0, 0.05) is 50.6 Å². The van der Waals surface area contributed by atoms with Crippen LogP contribution >= 0.6 is 0 Å². The number of hydrogen-bond donors (Lipinski definition) is 1. The first-order valence-electron chi connectivity index (χ1n) is 10.9. The standard InChI is InChI=1S/C24H32N4O/c1-20(21-8-4-2-5-9-21)25-24(29)28-18-16-27(17-19-28)23-12-10-22(11-13-23)26-14-6-3-7-15-26/h2,4-5,8-13,20H,3,6-7,14-19H2,1H3,(H,25,29). The number of benzene rings is 2. The van der Waals surface area contributed by atoms with Gasteiger partial charge in [0.05, 0.1) is 6.04 Å². The zero-order chi connectivity index (χ0) is 20.1. The summed E-state index contributed by atoms with van der Waals surface area (Å²) in [6, 6.07) is 19.1.